The molecule has 1 amide bonds. The van der Waals surface area contributed by atoms with Gasteiger partial charge in [0.25, 0.3) is 0 Å². The fraction of sp³-hybridized carbons (Fsp3) is 0.524. The van der Waals surface area contributed by atoms with E-state index >= 15 is 0 Å². The van der Waals surface area contributed by atoms with Crippen LogP contribution in [0.3, 0.4) is 0 Å². The largest absolute Gasteiger partial charge is 0.376 e. The topological polar surface area (TPSA) is 61.5 Å². The maximum atomic E-state index is 13.1. The molecule has 0 bridgehead atoms. The molecule has 3 fully saturated rings. The number of hydrogen-bond donors (Lipinski definition) is 1. The van der Waals surface area contributed by atoms with Gasteiger partial charge in [0.2, 0.25) is 5.91 Å². The van der Waals surface area contributed by atoms with Gasteiger partial charge in [-0.2, -0.15) is 0 Å². The molecule has 142 valence electrons. The van der Waals surface area contributed by atoms with Crippen LogP contribution >= 0.6 is 0 Å². The Balaban J connectivity index is 1.36. The average Bonchev–Trinajstić information content (AvgIpc) is 3.48. The maximum absolute atomic E-state index is 13.1. The minimum absolute atomic E-state index is 0.0677. The molecule has 27 heavy (non-hydrogen) atoms. The van der Waals surface area contributed by atoms with E-state index in [1.54, 1.807) is 0 Å². The van der Waals surface area contributed by atoms with Gasteiger partial charge in [0, 0.05) is 49.7 Å². The third-order valence-electron chi connectivity index (χ3n) is 6.19. The highest BCUT2D eigenvalue weighted by Crippen LogP contribution is 2.36. The van der Waals surface area contributed by atoms with Crippen molar-refractivity contribution in [2.24, 2.45) is 0 Å². The first-order chi connectivity index (χ1) is 13.3. The van der Waals surface area contributed by atoms with Crippen LogP contribution in [0.5, 0.6) is 0 Å². The van der Waals surface area contributed by atoms with E-state index in [0.717, 1.165) is 62.5 Å². The lowest BCUT2D eigenvalue weighted by Crippen LogP contribution is -2.46. The van der Waals surface area contributed by atoms with Crippen LogP contribution in [-0.4, -0.2) is 63.6 Å². The summed E-state index contributed by atoms with van der Waals surface area (Å²) < 4.78 is 5.92. The fourth-order valence-electron chi connectivity index (χ4n) is 4.83. The normalized spacial score (nSPS) is 28.0. The first-order valence-corrected chi connectivity index (χ1v) is 10.0. The zero-order valence-corrected chi connectivity index (χ0v) is 15.5. The third-order valence-corrected chi connectivity index (χ3v) is 6.19. The van der Waals surface area contributed by atoms with Gasteiger partial charge < -0.3 is 14.6 Å². The molecular weight excluding hydrogens is 340 g/mol. The van der Waals surface area contributed by atoms with E-state index in [1.165, 1.54) is 0 Å². The van der Waals surface area contributed by atoms with Gasteiger partial charge in [-0.05, 0) is 25.7 Å². The lowest BCUT2D eigenvalue weighted by molar-refractivity contribution is -0.135. The first kappa shape index (κ1) is 17.0. The number of likely N-dealkylation sites (tertiary alicyclic amines) is 2. The molecule has 5 rings (SSSR count). The summed E-state index contributed by atoms with van der Waals surface area (Å²) in [4.78, 5) is 25.5. The number of benzene rings is 1. The Morgan fingerprint density at radius 3 is 2.85 bits per heavy atom. The van der Waals surface area contributed by atoms with E-state index in [0.29, 0.717) is 12.6 Å². The molecule has 0 spiro atoms. The number of rotatable bonds is 4. The first-order valence-electron chi connectivity index (χ1n) is 10.0. The summed E-state index contributed by atoms with van der Waals surface area (Å²) in [5.41, 5.74) is 2.14. The molecule has 0 aliphatic carbocycles. The van der Waals surface area contributed by atoms with Gasteiger partial charge >= 0.3 is 0 Å². The van der Waals surface area contributed by atoms with E-state index in [4.69, 9.17) is 4.74 Å². The minimum Gasteiger partial charge on any atom is -0.376 e. The van der Waals surface area contributed by atoms with Crippen molar-refractivity contribution in [2.75, 3.05) is 19.7 Å². The second-order valence-electron chi connectivity index (χ2n) is 7.84. The van der Waals surface area contributed by atoms with E-state index < -0.39 is 0 Å². The zero-order valence-electron chi connectivity index (χ0n) is 15.5. The predicted octanol–water partition coefficient (Wildman–Crippen LogP) is 2.43. The van der Waals surface area contributed by atoms with Crippen LogP contribution in [0.1, 0.15) is 31.4 Å². The summed E-state index contributed by atoms with van der Waals surface area (Å²) in [6.45, 7) is 3.33. The van der Waals surface area contributed by atoms with Gasteiger partial charge in [-0.15, -0.1) is 0 Å². The van der Waals surface area contributed by atoms with Crippen LogP contribution in [0.2, 0.25) is 0 Å². The molecule has 4 heterocycles. The van der Waals surface area contributed by atoms with Gasteiger partial charge in [-0.1, -0.05) is 30.3 Å². The Labute approximate surface area is 159 Å². The van der Waals surface area contributed by atoms with Crippen LogP contribution in [0, 0.1) is 0 Å². The SMILES string of the molecule is O=C([C@@H]1C[C@@H]2OCC[C@@H]2N1Cc1cnc(-c2ccccc2)[nH]1)N1CCCC1. The van der Waals surface area contributed by atoms with Crippen molar-refractivity contribution in [2.45, 2.75) is 50.4 Å². The van der Waals surface area contributed by atoms with Crippen molar-refractivity contribution in [3.05, 3.63) is 42.2 Å². The number of fused-ring (bicyclic) bond motifs is 1. The zero-order chi connectivity index (χ0) is 18.2. The molecule has 1 N–H and O–H groups in total. The van der Waals surface area contributed by atoms with Crippen LogP contribution in [0.25, 0.3) is 11.4 Å². The van der Waals surface area contributed by atoms with Gasteiger partial charge in [-0.25, -0.2) is 4.98 Å². The second kappa shape index (κ2) is 7.09. The minimum atomic E-state index is -0.0677. The van der Waals surface area contributed by atoms with E-state index in [9.17, 15) is 4.79 Å². The molecule has 0 saturated carbocycles. The van der Waals surface area contributed by atoms with Crippen LogP contribution < -0.4 is 0 Å². The van der Waals surface area contributed by atoms with Crippen molar-refractivity contribution < 1.29 is 9.53 Å². The highest BCUT2D eigenvalue weighted by molar-refractivity contribution is 5.82. The number of aromatic nitrogens is 2. The van der Waals surface area contributed by atoms with Crippen molar-refractivity contribution >= 4 is 5.91 Å². The number of carbonyl (C=O) groups excluding carboxylic acids is 1. The number of nitrogens with zero attached hydrogens (tertiary/aromatic N) is 3. The highest BCUT2D eigenvalue weighted by Gasteiger charge is 2.48. The molecule has 3 saturated heterocycles. The van der Waals surface area contributed by atoms with Crippen LogP contribution in [-0.2, 0) is 16.1 Å². The monoisotopic (exact) mass is 366 g/mol. The standard InChI is InChI=1S/C21H26N4O2/c26-21(24-9-4-5-10-24)18-12-19-17(8-11-27-19)25(18)14-16-13-22-20(23-16)15-6-2-1-3-7-15/h1-3,6-7,13,17-19H,4-5,8-12,14H2,(H,22,23)/t17-,18-,19-/m0/s1. The maximum Gasteiger partial charge on any atom is 0.240 e. The Morgan fingerprint density at radius 1 is 1.22 bits per heavy atom. The summed E-state index contributed by atoms with van der Waals surface area (Å²) in [6.07, 6.45) is 6.18. The van der Waals surface area contributed by atoms with Crippen LogP contribution in [0.15, 0.2) is 36.5 Å². The fourth-order valence-corrected chi connectivity index (χ4v) is 4.83. The van der Waals surface area contributed by atoms with E-state index in [1.807, 2.05) is 29.3 Å². The van der Waals surface area contributed by atoms with Crippen molar-refractivity contribution in [1.82, 2.24) is 19.8 Å². The Bertz CT molecular complexity index is 800. The molecule has 3 aliphatic heterocycles. The van der Waals surface area contributed by atoms with Crippen molar-refractivity contribution in [3.63, 3.8) is 0 Å². The summed E-state index contributed by atoms with van der Waals surface area (Å²) in [7, 11) is 0. The predicted molar refractivity (Wildman–Crippen MR) is 102 cm³/mol. The Hall–Kier alpha value is -2.18. The number of nitrogens with one attached hydrogen (secondary N) is 1. The van der Waals surface area contributed by atoms with Crippen molar-refractivity contribution in [1.29, 1.82) is 0 Å². The summed E-state index contributed by atoms with van der Waals surface area (Å²) in [5, 5.41) is 0. The van der Waals surface area contributed by atoms with Crippen molar-refractivity contribution in [3.8, 4) is 11.4 Å². The molecule has 0 radical (unpaired) electrons. The molecule has 3 atom stereocenters. The average molecular weight is 366 g/mol. The van der Waals surface area contributed by atoms with Gasteiger partial charge in [0.15, 0.2) is 0 Å². The number of H-pyrrole nitrogens is 1. The highest BCUT2D eigenvalue weighted by atomic mass is 16.5. The molecule has 2 aromatic rings. The summed E-state index contributed by atoms with van der Waals surface area (Å²) in [5.74, 6) is 1.17. The summed E-state index contributed by atoms with van der Waals surface area (Å²) in [6, 6.07) is 10.4. The quantitative estimate of drug-likeness (QED) is 0.903. The smallest absolute Gasteiger partial charge is 0.240 e. The number of hydrogen-bond acceptors (Lipinski definition) is 4. The van der Waals surface area contributed by atoms with E-state index in [-0.39, 0.29) is 18.1 Å². The molecule has 6 nitrogen and oxygen atoms in total. The summed E-state index contributed by atoms with van der Waals surface area (Å²) >= 11 is 0. The second-order valence-corrected chi connectivity index (χ2v) is 7.84. The number of carbonyl (C=O) groups is 1. The number of amides is 1. The molecule has 1 aromatic heterocycles. The lowest BCUT2D eigenvalue weighted by atomic mass is 10.1. The number of ether oxygens (including phenoxy) is 1. The molecule has 1 aromatic carbocycles. The molecule has 6 heteroatoms. The van der Waals surface area contributed by atoms with Gasteiger partial charge in [-0.3, -0.25) is 9.69 Å². The molecule has 3 aliphatic rings. The van der Waals surface area contributed by atoms with Crippen LogP contribution in [0.4, 0.5) is 0 Å². The molecule has 0 unspecified atom stereocenters. The number of imidazole rings is 1. The van der Waals surface area contributed by atoms with Gasteiger partial charge in [0.1, 0.15) is 5.82 Å². The number of aromatic amines is 1. The Morgan fingerprint density at radius 2 is 2.04 bits per heavy atom. The molecular formula is C21H26N4O2. The van der Waals surface area contributed by atoms with E-state index in [2.05, 4.69) is 27.0 Å². The Kier molecular flexibility index (Phi) is 4.45. The third kappa shape index (κ3) is 3.17. The lowest BCUT2D eigenvalue weighted by Gasteiger charge is -2.30. The van der Waals surface area contributed by atoms with Gasteiger partial charge in [0.05, 0.1) is 12.1 Å².